The Morgan fingerprint density at radius 3 is 2.38 bits per heavy atom. The highest BCUT2D eigenvalue weighted by atomic mass is 19.4. The first-order valence-electron chi connectivity index (χ1n) is 10.0. The number of halogens is 3. The van der Waals surface area contributed by atoms with Crippen LogP contribution in [0.1, 0.15) is 16.7 Å². The van der Waals surface area contributed by atoms with Crippen molar-refractivity contribution in [3.05, 3.63) is 112 Å². The van der Waals surface area contributed by atoms with E-state index >= 15 is 0 Å². The van der Waals surface area contributed by atoms with Crippen molar-refractivity contribution >= 4 is 28.1 Å². The van der Waals surface area contributed by atoms with Gasteiger partial charge >= 0.3 is 11.9 Å². The zero-order valence-electron chi connectivity index (χ0n) is 17.4. The first-order chi connectivity index (χ1) is 16.3. The molecule has 0 spiro atoms. The van der Waals surface area contributed by atoms with Gasteiger partial charge in [-0.15, -0.1) is 0 Å². The van der Waals surface area contributed by atoms with Gasteiger partial charge in [-0.2, -0.15) is 18.4 Å². The molecule has 4 aromatic rings. The maximum Gasteiger partial charge on any atom is 0.416 e. The summed E-state index contributed by atoms with van der Waals surface area (Å²) < 4.78 is 44.7. The van der Waals surface area contributed by atoms with Crippen LogP contribution in [0, 0.1) is 21.4 Å². The number of benzene rings is 4. The summed E-state index contributed by atoms with van der Waals surface area (Å²) in [5.41, 5.74) is -0.516. The summed E-state index contributed by atoms with van der Waals surface area (Å²) in [5, 5.41) is 23.1. The standard InChI is InChI=1S/C26H15F3N2O3/c27-26(28,29)20-12-13-25(23(15-20)31(32)33)34-24-11-4-2-7-18(24)14-19(16-30)22-10-5-8-17-6-1-3-9-21(17)22/h1-15H/b19-14-. The first kappa shape index (κ1) is 22.6. The van der Waals surface area contributed by atoms with Crippen LogP contribution in [0.4, 0.5) is 18.9 Å². The molecule has 0 aliphatic heterocycles. The molecule has 4 aromatic carbocycles. The van der Waals surface area contributed by atoms with Crippen molar-refractivity contribution in [1.82, 2.24) is 0 Å². The lowest BCUT2D eigenvalue weighted by atomic mass is 9.97. The average Bonchev–Trinajstić information content (AvgIpc) is 2.82. The zero-order chi connectivity index (χ0) is 24.3. The molecular formula is C26H15F3N2O3. The number of nitrogens with zero attached hydrogens (tertiary/aromatic N) is 2. The monoisotopic (exact) mass is 460 g/mol. The van der Waals surface area contributed by atoms with Crippen LogP contribution >= 0.6 is 0 Å². The molecule has 0 atom stereocenters. The molecule has 0 unspecified atom stereocenters. The third kappa shape index (κ3) is 4.59. The largest absolute Gasteiger partial charge is 0.449 e. The molecule has 0 aromatic heterocycles. The van der Waals surface area contributed by atoms with Crippen LogP contribution in [0.25, 0.3) is 22.4 Å². The Bertz CT molecular complexity index is 1470. The van der Waals surface area contributed by atoms with E-state index < -0.39 is 22.4 Å². The highest BCUT2D eigenvalue weighted by molar-refractivity contribution is 6.02. The molecule has 5 nitrogen and oxygen atoms in total. The second-order valence-electron chi connectivity index (χ2n) is 7.27. The number of ether oxygens (including phenoxy) is 1. The van der Waals surface area contributed by atoms with Gasteiger partial charge in [-0.3, -0.25) is 10.1 Å². The maximum atomic E-state index is 13.0. The lowest BCUT2D eigenvalue weighted by Crippen LogP contribution is -2.06. The van der Waals surface area contributed by atoms with Crippen LogP contribution in [0.2, 0.25) is 0 Å². The van der Waals surface area contributed by atoms with E-state index in [1.165, 1.54) is 6.07 Å². The molecule has 0 saturated carbocycles. The van der Waals surface area contributed by atoms with Crippen molar-refractivity contribution in [2.45, 2.75) is 6.18 Å². The van der Waals surface area contributed by atoms with Crippen molar-refractivity contribution in [2.75, 3.05) is 0 Å². The second-order valence-corrected chi connectivity index (χ2v) is 7.27. The molecule has 0 saturated heterocycles. The Morgan fingerprint density at radius 1 is 0.941 bits per heavy atom. The number of rotatable bonds is 5. The lowest BCUT2D eigenvalue weighted by Gasteiger charge is -2.12. The predicted molar refractivity (Wildman–Crippen MR) is 122 cm³/mol. The summed E-state index contributed by atoms with van der Waals surface area (Å²) in [6.07, 6.45) is -3.16. The fraction of sp³-hybridized carbons (Fsp3) is 0.0385. The number of fused-ring (bicyclic) bond motifs is 1. The number of nitro groups is 1. The van der Waals surface area contributed by atoms with Crippen LogP contribution < -0.4 is 4.74 Å². The third-order valence-corrected chi connectivity index (χ3v) is 5.12. The van der Waals surface area contributed by atoms with Crippen LogP contribution in [0.3, 0.4) is 0 Å². The van der Waals surface area contributed by atoms with Gasteiger partial charge in [0.05, 0.1) is 22.1 Å². The van der Waals surface area contributed by atoms with E-state index in [1.807, 2.05) is 42.5 Å². The zero-order valence-corrected chi connectivity index (χ0v) is 17.4. The van der Waals surface area contributed by atoms with Crippen LogP contribution in [-0.4, -0.2) is 4.92 Å². The summed E-state index contributed by atoms with van der Waals surface area (Å²) in [6.45, 7) is 0. The van der Waals surface area contributed by atoms with E-state index in [4.69, 9.17) is 4.74 Å². The van der Waals surface area contributed by atoms with Gasteiger partial charge in [0.25, 0.3) is 0 Å². The number of allylic oxidation sites excluding steroid dienone is 1. The van der Waals surface area contributed by atoms with Crippen LogP contribution in [0.15, 0.2) is 84.9 Å². The second kappa shape index (κ2) is 9.08. The van der Waals surface area contributed by atoms with Crippen molar-refractivity contribution in [3.8, 4) is 17.6 Å². The number of nitro benzene ring substituents is 1. The van der Waals surface area contributed by atoms with Gasteiger partial charge in [0.1, 0.15) is 5.75 Å². The van der Waals surface area contributed by atoms with E-state index in [2.05, 4.69) is 6.07 Å². The Labute approximate surface area is 192 Å². The van der Waals surface area contributed by atoms with Crippen molar-refractivity contribution in [1.29, 1.82) is 5.26 Å². The molecule has 0 radical (unpaired) electrons. The van der Waals surface area contributed by atoms with E-state index in [-0.39, 0.29) is 11.5 Å². The van der Waals surface area contributed by atoms with E-state index in [1.54, 1.807) is 24.3 Å². The van der Waals surface area contributed by atoms with Crippen molar-refractivity contribution < 1.29 is 22.8 Å². The van der Waals surface area contributed by atoms with Gasteiger partial charge in [0.2, 0.25) is 5.75 Å². The normalized spacial score (nSPS) is 11.8. The van der Waals surface area contributed by atoms with E-state index in [0.29, 0.717) is 22.8 Å². The topological polar surface area (TPSA) is 76.2 Å². The van der Waals surface area contributed by atoms with Gasteiger partial charge in [0, 0.05) is 17.2 Å². The van der Waals surface area contributed by atoms with Crippen LogP contribution in [-0.2, 0) is 6.18 Å². The molecule has 0 heterocycles. The van der Waals surface area contributed by atoms with Gasteiger partial charge < -0.3 is 4.74 Å². The highest BCUT2D eigenvalue weighted by Crippen LogP contribution is 2.39. The number of para-hydroxylation sites is 1. The molecule has 0 aliphatic carbocycles. The van der Waals surface area contributed by atoms with Gasteiger partial charge in [0.15, 0.2) is 0 Å². The summed E-state index contributed by atoms with van der Waals surface area (Å²) in [7, 11) is 0. The lowest BCUT2D eigenvalue weighted by molar-refractivity contribution is -0.385. The minimum Gasteiger partial charge on any atom is -0.449 e. The summed E-state index contributed by atoms with van der Waals surface area (Å²) in [5.74, 6) is -0.194. The molecule has 0 fully saturated rings. The molecule has 8 heteroatoms. The molecule has 0 amide bonds. The van der Waals surface area contributed by atoms with Gasteiger partial charge in [-0.25, -0.2) is 0 Å². The summed E-state index contributed by atoms with van der Waals surface area (Å²) >= 11 is 0. The minimum atomic E-state index is -4.73. The smallest absolute Gasteiger partial charge is 0.416 e. The highest BCUT2D eigenvalue weighted by Gasteiger charge is 2.33. The average molecular weight is 460 g/mol. The first-order valence-corrected chi connectivity index (χ1v) is 10.0. The van der Waals surface area contributed by atoms with E-state index in [0.717, 1.165) is 22.9 Å². The molecule has 4 rings (SSSR count). The molecule has 168 valence electrons. The summed E-state index contributed by atoms with van der Waals surface area (Å²) in [4.78, 5) is 10.5. The van der Waals surface area contributed by atoms with E-state index in [9.17, 15) is 28.5 Å². The fourth-order valence-electron chi connectivity index (χ4n) is 3.52. The Hall–Kier alpha value is -4.64. The van der Waals surface area contributed by atoms with Gasteiger partial charge in [-0.1, -0.05) is 60.7 Å². The number of hydrogen-bond acceptors (Lipinski definition) is 4. The SMILES string of the molecule is N#C/C(=C/c1ccccc1Oc1ccc(C(F)(F)F)cc1[N+](=O)[O-])c1cccc2ccccc12. The fourth-order valence-corrected chi connectivity index (χ4v) is 3.52. The van der Waals surface area contributed by atoms with Gasteiger partial charge in [-0.05, 0) is 35.0 Å². The van der Waals surface area contributed by atoms with Crippen molar-refractivity contribution in [2.24, 2.45) is 0 Å². The molecule has 0 N–H and O–H groups in total. The molecular weight excluding hydrogens is 445 g/mol. The molecule has 34 heavy (non-hydrogen) atoms. The molecule has 0 aliphatic rings. The quantitative estimate of drug-likeness (QED) is 0.133. The maximum absolute atomic E-state index is 13.0. The summed E-state index contributed by atoms with van der Waals surface area (Å²) in [6, 6.07) is 23.9. The Kier molecular flexibility index (Phi) is 6.02. The predicted octanol–water partition coefficient (Wildman–Crippen LogP) is 7.62. The van der Waals surface area contributed by atoms with Crippen LogP contribution in [0.5, 0.6) is 11.5 Å². The Balaban J connectivity index is 1.78. The number of nitriles is 1. The third-order valence-electron chi connectivity index (χ3n) is 5.12. The number of hydrogen-bond donors (Lipinski definition) is 0. The van der Waals surface area contributed by atoms with Crippen molar-refractivity contribution in [3.63, 3.8) is 0 Å². The molecule has 0 bridgehead atoms. The minimum absolute atomic E-state index is 0.151. The Morgan fingerprint density at radius 2 is 1.65 bits per heavy atom. The number of alkyl halides is 3.